The van der Waals surface area contributed by atoms with E-state index in [-0.39, 0.29) is 12.0 Å². The molecule has 2 fully saturated rings. The first kappa shape index (κ1) is 20.9. The topological polar surface area (TPSA) is 53.0 Å². The highest BCUT2D eigenvalue weighted by molar-refractivity contribution is 5.86. The molecule has 2 aromatic rings. The quantitative estimate of drug-likeness (QED) is 0.730. The van der Waals surface area contributed by atoms with E-state index in [1.54, 1.807) is 0 Å². The lowest BCUT2D eigenvalue weighted by Crippen LogP contribution is -2.64. The average molecular weight is 409 g/mol. The fourth-order valence-corrected chi connectivity index (χ4v) is 4.52. The van der Waals surface area contributed by atoms with Gasteiger partial charge in [0.15, 0.2) is 5.60 Å². The zero-order valence-electron chi connectivity index (χ0n) is 17.8. The van der Waals surface area contributed by atoms with Crippen LogP contribution in [-0.2, 0) is 17.6 Å². The molecule has 0 aromatic heterocycles. The molecule has 2 aliphatic heterocycles. The Balaban J connectivity index is 1.28. The highest BCUT2D eigenvalue weighted by Gasteiger charge is 2.45. The monoisotopic (exact) mass is 408 g/mol. The molecule has 5 nitrogen and oxygen atoms in total. The average Bonchev–Trinajstić information content (AvgIpc) is 2.74. The Morgan fingerprint density at radius 3 is 2.60 bits per heavy atom. The standard InChI is InChI=1S/C25H32N2O3/c1-2-21-11-6-7-12-23(21)30-22-17-26(18-22)19-25(29)14-8-15-27(24(25)28)16-13-20-9-4-3-5-10-20/h3-7,9-12,22,29H,2,8,13-19H2,1H3. The van der Waals surface area contributed by atoms with Gasteiger partial charge in [0, 0.05) is 32.7 Å². The Kier molecular flexibility index (Phi) is 6.40. The van der Waals surface area contributed by atoms with Crippen molar-refractivity contribution in [2.24, 2.45) is 0 Å². The molecule has 2 aliphatic rings. The van der Waals surface area contributed by atoms with E-state index in [4.69, 9.17) is 4.74 Å². The van der Waals surface area contributed by atoms with E-state index < -0.39 is 5.60 Å². The number of likely N-dealkylation sites (tertiary alicyclic amines) is 2. The van der Waals surface area contributed by atoms with Crippen molar-refractivity contribution in [1.82, 2.24) is 9.80 Å². The molecular weight excluding hydrogens is 376 g/mol. The fraction of sp³-hybridized carbons (Fsp3) is 0.480. The van der Waals surface area contributed by atoms with E-state index in [0.717, 1.165) is 44.6 Å². The van der Waals surface area contributed by atoms with E-state index in [0.29, 0.717) is 19.5 Å². The summed E-state index contributed by atoms with van der Waals surface area (Å²) in [5.41, 5.74) is 1.15. The SMILES string of the molecule is CCc1ccccc1OC1CN(CC2(O)CCCN(CCc3ccccc3)C2=O)C1. The number of amides is 1. The van der Waals surface area contributed by atoms with Crippen molar-refractivity contribution in [2.45, 2.75) is 44.3 Å². The first-order valence-corrected chi connectivity index (χ1v) is 11.1. The Morgan fingerprint density at radius 1 is 1.10 bits per heavy atom. The summed E-state index contributed by atoms with van der Waals surface area (Å²) in [5, 5.41) is 11.1. The maximum absolute atomic E-state index is 13.0. The van der Waals surface area contributed by atoms with Crippen LogP contribution in [-0.4, -0.2) is 65.2 Å². The zero-order valence-corrected chi connectivity index (χ0v) is 17.8. The number of nitrogens with zero attached hydrogens (tertiary/aromatic N) is 2. The van der Waals surface area contributed by atoms with Crippen LogP contribution >= 0.6 is 0 Å². The van der Waals surface area contributed by atoms with Crippen LogP contribution in [0, 0.1) is 0 Å². The van der Waals surface area contributed by atoms with Gasteiger partial charge >= 0.3 is 0 Å². The third kappa shape index (κ3) is 4.68. The molecule has 2 saturated heterocycles. The van der Waals surface area contributed by atoms with Gasteiger partial charge < -0.3 is 14.7 Å². The van der Waals surface area contributed by atoms with Crippen molar-refractivity contribution in [3.05, 3.63) is 65.7 Å². The first-order chi connectivity index (χ1) is 14.6. The van der Waals surface area contributed by atoms with Gasteiger partial charge in [-0.3, -0.25) is 9.69 Å². The van der Waals surface area contributed by atoms with Crippen molar-refractivity contribution in [2.75, 3.05) is 32.7 Å². The van der Waals surface area contributed by atoms with Crippen molar-refractivity contribution in [3.63, 3.8) is 0 Å². The fourth-order valence-electron chi connectivity index (χ4n) is 4.52. The number of piperidine rings is 1. The minimum atomic E-state index is -1.28. The van der Waals surface area contributed by atoms with Crippen LogP contribution in [0.3, 0.4) is 0 Å². The molecule has 0 radical (unpaired) electrons. The maximum atomic E-state index is 13.0. The van der Waals surface area contributed by atoms with Crippen LogP contribution in [0.1, 0.15) is 30.9 Å². The molecule has 0 aliphatic carbocycles. The number of carbonyl (C=O) groups excluding carboxylic acids is 1. The van der Waals surface area contributed by atoms with Crippen LogP contribution in [0.4, 0.5) is 0 Å². The lowest BCUT2D eigenvalue weighted by Gasteiger charge is -2.45. The minimum Gasteiger partial charge on any atom is -0.487 e. The highest BCUT2D eigenvalue weighted by Crippen LogP contribution is 2.28. The van der Waals surface area contributed by atoms with Gasteiger partial charge in [0.25, 0.3) is 5.91 Å². The van der Waals surface area contributed by atoms with Crippen molar-refractivity contribution < 1.29 is 14.6 Å². The molecule has 4 rings (SSSR count). The molecule has 0 bridgehead atoms. The number of carbonyl (C=O) groups is 1. The third-order valence-corrected chi connectivity index (χ3v) is 6.27. The lowest BCUT2D eigenvalue weighted by molar-refractivity contribution is -0.162. The Morgan fingerprint density at radius 2 is 1.83 bits per heavy atom. The van der Waals surface area contributed by atoms with Gasteiger partial charge in [-0.05, 0) is 42.9 Å². The molecule has 5 heteroatoms. The summed E-state index contributed by atoms with van der Waals surface area (Å²) in [7, 11) is 0. The molecule has 1 amide bonds. The van der Waals surface area contributed by atoms with Gasteiger partial charge in [0.05, 0.1) is 0 Å². The molecule has 160 valence electrons. The largest absolute Gasteiger partial charge is 0.487 e. The van der Waals surface area contributed by atoms with E-state index >= 15 is 0 Å². The Labute approximate surface area is 179 Å². The van der Waals surface area contributed by atoms with Gasteiger partial charge in [-0.1, -0.05) is 55.5 Å². The number of aliphatic hydroxyl groups is 1. The van der Waals surface area contributed by atoms with Crippen molar-refractivity contribution in [3.8, 4) is 5.75 Å². The molecule has 30 heavy (non-hydrogen) atoms. The second-order valence-electron chi connectivity index (χ2n) is 8.56. The predicted molar refractivity (Wildman–Crippen MR) is 118 cm³/mol. The minimum absolute atomic E-state index is 0.120. The molecule has 0 spiro atoms. The van der Waals surface area contributed by atoms with Crippen LogP contribution in [0.2, 0.25) is 0 Å². The third-order valence-electron chi connectivity index (χ3n) is 6.27. The lowest BCUT2D eigenvalue weighted by atomic mass is 9.89. The Bertz CT molecular complexity index is 850. The van der Waals surface area contributed by atoms with Crippen LogP contribution in [0.15, 0.2) is 54.6 Å². The second-order valence-corrected chi connectivity index (χ2v) is 8.56. The zero-order chi connectivity index (χ0) is 21.0. The summed E-state index contributed by atoms with van der Waals surface area (Å²) in [6.07, 6.45) is 3.26. The number of hydrogen-bond acceptors (Lipinski definition) is 4. The summed E-state index contributed by atoms with van der Waals surface area (Å²) >= 11 is 0. The summed E-state index contributed by atoms with van der Waals surface area (Å²) in [6, 6.07) is 18.3. The predicted octanol–water partition coefficient (Wildman–Crippen LogP) is 2.91. The highest BCUT2D eigenvalue weighted by atomic mass is 16.5. The van der Waals surface area contributed by atoms with E-state index in [9.17, 15) is 9.90 Å². The van der Waals surface area contributed by atoms with Crippen LogP contribution < -0.4 is 4.74 Å². The van der Waals surface area contributed by atoms with E-state index in [1.807, 2.05) is 41.3 Å². The number of para-hydroxylation sites is 1. The number of ether oxygens (including phenoxy) is 1. The van der Waals surface area contributed by atoms with Crippen molar-refractivity contribution >= 4 is 5.91 Å². The number of rotatable bonds is 8. The first-order valence-electron chi connectivity index (χ1n) is 11.1. The van der Waals surface area contributed by atoms with Crippen molar-refractivity contribution in [1.29, 1.82) is 0 Å². The summed E-state index contributed by atoms with van der Waals surface area (Å²) in [4.78, 5) is 17.0. The van der Waals surface area contributed by atoms with Gasteiger partial charge in [-0.25, -0.2) is 0 Å². The van der Waals surface area contributed by atoms with Crippen LogP contribution in [0.25, 0.3) is 0 Å². The molecule has 2 heterocycles. The second kappa shape index (κ2) is 9.19. The maximum Gasteiger partial charge on any atom is 0.255 e. The number of hydrogen-bond donors (Lipinski definition) is 1. The summed E-state index contributed by atoms with van der Waals surface area (Å²) in [5.74, 6) is 0.828. The summed E-state index contributed by atoms with van der Waals surface area (Å²) in [6.45, 7) is 5.40. The molecule has 1 unspecified atom stereocenters. The molecule has 1 atom stereocenters. The van der Waals surface area contributed by atoms with E-state index in [1.165, 1.54) is 11.1 Å². The Hall–Kier alpha value is -2.37. The van der Waals surface area contributed by atoms with Gasteiger partial charge in [0.2, 0.25) is 0 Å². The number of β-amino-alcohol motifs (C(OH)–C–C–N with tert-alkyl or cyclic N) is 1. The normalized spacial score (nSPS) is 22.7. The van der Waals surface area contributed by atoms with Gasteiger partial charge in [0.1, 0.15) is 11.9 Å². The smallest absolute Gasteiger partial charge is 0.255 e. The van der Waals surface area contributed by atoms with Gasteiger partial charge in [-0.15, -0.1) is 0 Å². The van der Waals surface area contributed by atoms with E-state index in [2.05, 4.69) is 30.0 Å². The molecule has 0 saturated carbocycles. The molecule has 1 N–H and O–H groups in total. The summed E-state index contributed by atoms with van der Waals surface area (Å²) < 4.78 is 6.14. The number of benzene rings is 2. The molecular formula is C25H32N2O3. The van der Waals surface area contributed by atoms with Crippen LogP contribution in [0.5, 0.6) is 5.75 Å². The number of aryl methyl sites for hydroxylation is 1. The molecule has 2 aromatic carbocycles. The van der Waals surface area contributed by atoms with Gasteiger partial charge in [-0.2, -0.15) is 0 Å².